The fourth-order valence-corrected chi connectivity index (χ4v) is 3.14. The van der Waals surface area contributed by atoms with E-state index in [2.05, 4.69) is 4.98 Å². The predicted molar refractivity (Wildman–Crippen MR) is 62.2 cm³/mol. The van der Waals surface area contributed by atoms with Crippen LogP contribution in [-0.4, -0.2) is 28.4 Å². The van der Waals surface area contributed by atoms with Crippen LogP contribution >= 0.6 is 0 Å². The van der Waals surface area contributed by atoms with Crippen LogP contribution < -0.4 is 5.73 Å². The number of amides is 1. The van der Waals surface area contributed by atoms with Crippen molar-refractivity contribution in [3.8, 4) is 0 Å². The summed E-state index contributed by atoms with van der Waals surface area (Å²) in [6.07, 6.45) is 0. The van der Waals surface area contributed by atoms with Crippen molar-refractivity contribution in [1.82, 2.24) is 9.29 Å². The number of nitrogens with zero attached hydrogens (tertiary/aromatic N) is 2. The molecule has 2 rings (SSSR count). The SMILES string of the molecule is CC1(C)C(=O)N(Cc2cccc(N)n2)S1(=O)=O. The first-order valence-corrected chi connectivity index (χ1v) is 6.49. The molecule has 0 spiro atoms. The molecule has 1 saturated heterocycles. The average Bonchev–Trinajstić information content (AvgIpc) is 2.24. The van der Waals surface area contributed by atoms with Crippen LogP contribution in [0.5, 0.6) is 0 Å². The molecule has 92 valence electrons. The molecule has 7 heteroatoms. The van der Waals surface area contributed by atoms with Gasteiger partial charge in [0.15, 0.2) is 4.75 Å². The van der Waals surface area contributed by atoms with Crippen molar-refractivity contribution in [3.63, 3.8) is 0 Å². The Kier molecular flexibility index (Phi) is 2.39. The number of anilines is 1. The molecule has 1 aliphatic heterocycles. The number of nitrogens with two attached hydrogens (primary N) is 1. The molecule has 17 heavy (non-hydrogen) atoms. The van der Waals surface area contributed by atoms with Crippen LogP contribution in [0.15, 0.2) is 18.2 Å². The molecule has 0 atom stereocenters. The summed E-state index contributed by atoms with van der Waals surface area (Å²) in [5.41, 5.74) is 5.94. The van der Waals surface area contributed by atoms with E-state index in [0.29, 0.717) is 11.5 Å². The van der Waals surface area contributed by atoms with E-state index in [-0.39, 0.29) is 6.54 Å². The van der Waals surface area contributed by atoms with Gasteiger partial charge in [0.2, 0.25) is 0 Å². The number of nitrogen functional groups attached to an aromatic ring is 1. The van der Waals surface area contributed by atoms with Gasteiger partial charge in [0.1, 0.15) is 5.82 Å². The lowest BCUT2D eigenvalue weighted by molar-refractivity contribution is -0.132. The van der Waals surface area contributed by atoms with Crippen molar-refractivity contribution in [1.29, 1.82) is 0 Å². The van der Waals surface area contributed by atoms with Crippen LogP contribution in [0.2, 0.25) is 0 Å². The van der Waals surface area contributed by atoms with Crippen LogP contribution in [0.4, 0.5) is 5.82 Å². The van der Waals surface area contributed by atoms with Crippen molar-refractivity contribution >= 4 is 21.7 Å². The lowest BCUT2D eigenvalue weighted by atomic mass is 10.2. The first-order chi connectivity index (χ1) is 7.76. The monoisotopic (exact) mass is 255 g/mol. The highest BCUT2D eigenvalue weighted by Gasteiger charge is 2.59. The third kappa shape index (κ3) is 1.57. The van der Waals surface area contributed by atoms with E-state index in [9.17, 15) is 13.2 Å². The summed E-state index contributed by atoms with van der Waals surface area (Å²) in [6.45, 7) is 2.73. The molecule has 0 unspecified atom stereocenters. The Labute approximate surface area is 99.5 Å². The Bertz CT molecular complexity index is 580. The second-order valence-electron chi connectivity index (χ2n) is 4.38. The smallest absolute Gasteiger partial charge is 0.259 e. The topological polar surface area (TPSA) is 93.4 Å². The maximum Gasteiger partial charge on any atom is 0.259 e. The molecule has 0 bridgehead atoms. The van der Waals surface area contributed by atoms with Crippen molar-refractivity contribution in [2.24, 2.45) is 0 Å². The van der Waals surface area contributed by atoms with Gasteiger partial charge < -0.3 is 5.73 Å². The van der Waals surface area contributed by atoms with Crippen molar-refractivity contribution < 1.29 is 13.2 Å². The van der Waals surface area contributed by atoms with Gasteiger partial charge in [0.25, 0.3) is 15.9 Å². The van der Waals surface area contributed by atoms with Crippen molar-refractivity contribution in [2.75, 3.05) is 5.73 Å². The Balaban J connectivity index is 2.26. The summed E-state index contributed by atoms with van der Waals surface area (Å²) in [7, 11) is -3.56. The zero-order chi connectivity index (χ0) is 12.8. The molecule has 1 aromatic heterocycles. The molecule has 2 N–H and O–H groups in total. The zero-order valence-corrected chi connectivity index (χ0v) is 10.4. The molecule has 1 aromatic rings. The van der Waals surface area contributed by atoms with Gasteiger partial charge in [0, 0.05) is 0 Å². The first kappa shape index (κ1) is 11.8. The van der Waals surface area contributed by atoms with Crippen LogP contribution in [-0.2, 0) is 21.4 Å². The molecule has 2 heterocycles. The van der Waals surface area contributed by atoms with Gasteiger partial charge in [-0.3, -0.25) is 4.79 Å². The molecule has 1 fully saturated rings. The van der Waals surface area contributed by atoms with Gasteiger partial charge in [0.05, 0.1) is 12.2 Å². The minimum Gasteiger partial charge on any atom is -0.384 e. The number of aromatic nitrogens is 1. The standard InChI is InChI=1S/C10H13N3O3S/c1-10(2)9(14)13(17(10,15)16)6-7-4-3-5-8(11)12-7/h3-5H,6H2,1-2H3,(H2,11,12). The average molecular weight is 255 g/mol. The van der Waals surface area contributed by atoms with Gasteiger partial charge in [-0.05, 0) is 26.0 Å². The number of hydrogen-bond donors (Lipinski definition) is 1. The summed E-state index contributed by atoms with van der Waals surface area (Å²) in [4.78, 5) is 15.6. The summed E-state index contributed by atoms with van der Waals surface area (Å²) in [5.74, 6) is -0.117. The van der Waals surface area contributed by atoms with Crippen molar-refractivity contribution in [3.05, 3.63) is 23.9 Å². The highest BCUT2D eigenvalue weighted by molar-refractivity contribution is 7.94. The van der Waals surface area contributed by atoms with Gasteiger partial charge in [-0.2, -0.15) is 0 Å². The fraction of sp³-hybridized carbons (Fsp3) is 0.400. The van der Waals surface area contributed by atoms with Gasteiger partial charge >= 0.3 is 0 Å². The number of pyridine rings is 1. The largest absolute Gasteiger partial charge is 0.384 e. The molecule has 0 saturated carbocycles. The highest BCUT2D eigenvalue weighted by atomic mass is 32.2. The second kappa shape index (κ2) is 3.43. The van der Waals surface area contributed by atoms with Crippen LogP contribution in [0.1, 0.15) is 19.5 Å². The number of carbonyl (C=O) groups excluding carboxylic acids is 1. The molecule has 1 aliphatic rings. The predicted octanol–water partition coefficient (Wildman–Crippen LogP) is 0.114. The van der Waals surface area contributed by atoms with E-state index in [0.717, 1.165) is 4.31 Å². The molecule has 0 aromatic carbocycles. The van der Waals surface area contributed by atoms with E-state index in [1.807, 2.05) is 0 Å². The Morgan fingerprint density at radius 1 is 1.41 bits per heavy atom. The van der Waals surface area contributed by atoms with Crippen LogP contribution in [0, 0.1) is 0 Å². The van der Waals surface area contributed by atoms with E-state index >= 15 is 0 Å². The van der Waals surface area contributed by atoms with E-state index in [1.165, 1.54) is 13.8 Å². The summed E-state index contributed by atoms with van der Waals surface area (Å²) in [6, 6.07) is 4.89. The summed E-state index contributed by atoms with van der Waals surface area (Å²) >= 11 is 0. The summed E-state index contributed by atoms with van der Waals surface area (Å²) < 4.78 is 23.1. The molecular weight excluding hydrogens is 242 g/mol. The Morgan fingerprint density at radius 3 is 2.59 bits per heavy atom. The number of carbonyl (C=O) groups is 1. The van der Waals surface area contributed by atoms with Crippen LogP contribution in [0.3, 0.4) is 0 Å². The number of rotatable bonds is 2. The zero-order valence-electron chi connectivity index (χ0n) is 9.54. The molecule has 1 amide bonds. The third-order valence-electron chi connectivity index (χ3n) is 2.81. The van der Waals surface area contributed by atoms with Gasteiger partial charge in [-0.1, -0.05) is 6.07 Å². The van der Waals surface area contributed by atoms with Gasteiger partial charge in [-0.25, -0.2) is 17.7 Å². The minimum atomic E-state index is -3.56. The fourth-order valence-electron chi connectivity index (χ4n) is 1.65. The van der Waals surface area contributed by atoms with Crippen molar-refractivity contribution in [2.45, 2.75) is 25.1 Å². The van der Waals surface area contributed by atoms with E-state index in [4.69, 9.17) is 5.73 Å². The molecule has 0 aliphatic carbocycles. The lowest BCUT2D eigenvalue weighted by Crippen LogP contribution is -2.66. The van der Waals surface area contributed by atoms with Crippen LogP contribution in [0.25, 0.3) is 0 Å². The highest BCUT2D eigenvalue weighted by Crippen LogP contribution is 2.35. The third-order valence-corrected chi connectivity index (χ3v) is 5.15. The lowest BCUT2D eigenvalue weighted by Gasteiger charge is -2.42. The minimum absolute atomic E-state index is 0.0599. The maximum absolute atomic E-state index is 11.8. The first-order valence-electron chi connectivity index (χ1n) is 5.05. The number of hydrogen-bond acceptors (Lipinski definition) is 5. The Morgan fingerprint density at radius 2 is 2.06 bits per heavy atom. The normalized spacial score (nSPS) is 21.1. The summed E-state index contributed by atoms with van der Waals surface area (Å²) in [5, 5.41) is 0. The Hall–Kier alpha value is -1.63. The second-order valence-corrected chi connectivity index (χ2v) is 6.79. The quantitative estimate of drug-likeness (QED) is 0.809. The van der Waals surface area contributed by atoms with E-state index < -0.39 is 20.7 Å². The molecular formula is C10H13N3O3S. The van der Waals surface area contributed by atoms with E-state index in [1.54, 1.807) is 18.2 Å². The molecule has 6 nitrogen and oxygen atoms in total. The maximum atomic E-state index is 11.8. The van der Waals surface area contributed by atoms with Gasteiger partial charge in [-0.15, -0.1) is 0 Å². The molecule has 0 radical (unpaired) electrons. The number of sulfonamides is 1.